The van der Waals surface area contributed by atoms with Crippen LogP contribution in [-0.2, 0) is 0 Å². The van der Waals surface area contributed by atoms with E-state index >= 15 is 0 Å². The number of nitrogens with two attached hydrogens (primary N) is 1. The van der Waals surface area contributed by atoms with Gasteiger partial charge in [-0.25, -0.2) is 0 Å². The molecule has 4 heteroatoms. The molecule has 1 unspecified atom stereocenters. The number of nitrogen functional groups attached to an aromatic ring is 1. The third-order valence-corrected chi connectivity index (χ3v) is 3.16. The number of hydrogen-bond acceptors (Lipinski definition) is 4. The lowest BCUT2D eigenvalue weighted by Crippen LogP contribution is -2.29. The van der Waals surface area contributed by atoms with E-state index in [-0.39, 0.29) is 0 Å². The molecule has 0 aliphatic rings. The zero-order valence-electron chi connectivity index (χ0n) is 12.8. The minimum atomic E-state index is 0.457. The van der Waals surface area contributed by atoms with Crippen LogP contribution in [0.1, 0.15) is 40.5 Å². The van der Waals surface area contributed by atoms with E-state index in [1.54, 1.807) is 0 Å². The molecule has 0 fully saturated rings. The van der Waals surface area contributed by atoms with Gasteiger partial charge in [-0.05, 0) is 31.4 Å². The summed E-state index contributed by atoms with van der Waals surface area (Å²) in [6.07, 6.45) is 2.31. The lowest BCUT2D eigenvalue weighted by Gasteiger charge is -2.26. The van der Waals surface area contributed by atoms with E-state index in [4.69, 9.17) is 10.5 Å². The van der Waals surface area contributed by atoms with Crippen molar-refractivity contribution < 1.29 is 4.74 Å². The van der Waals surface area contributed by atoms with Crippen LogP contribution in [0.25, 0.3) is 0 Å². The van der Waals surface area contributed by atoms with Crippen molar-refractivity contribution in [2.75, 3.05) is 24.3 Å². The molecule has 0 saturated carbocycles. The van der Waals surface area contributed by atoms with Crippen LogP contribution in [-0.4, -0.2) is 24.7 Å². The Morgan fingerprint density at radius 3 is 2.58 bits per heavy atom. The van der Waals surface area contributed by atoms with E-state index in [9.17, 15) is 0 Å². The highest BCUT2D eigenvalue weighted by molar-refractivity contribution is 5.54. The van der Waals surface area contributed by atoms with Gasteiger partial charge in [0.15, 0.2) is 0 Å². The van der Waals surface area contributed by atoms with Crippen LogP contribution in [0.15, 0.2) is 12.1 Å². The first-order valence-corrected chi connectivity index (χ1v) is 7.07. The molecule has 19 heavy (non-hydrogen) atoms. The van der Waals surface area contributed by atoms with Gasteiger partial charge in [0, 0.05) is 13.1 Å². The van der Waals surface area contributed by atoms with Gasteiger partial charge in [-0.15, -0.1) is 0 Å². The Labute approximate surface area is 117 Å². The third-order valence-electron chi connectivity index (χ3n) is 3.16. The second kappa shape index (κ2) is 7.22. The summed E-state index contributed by atoms with van der Waals surface area (Å²) in [4.78, 5) is 6.70. The number of ether oxygens (including phenoxy) is 1. The number of hydrogen-bond donors (Lipinski definition) is 1. The fourth-order valence-electron chi connectivity index (χ4n) is 1.84. The maximum Gasteiger partial charge on any atom is 0.239 e. The van der Waals surface area contributed by atoms with Crippen molar-refractivity contribution in [1.29, 1.82) is 0 Å². The second-order valence-electron chi connectivity index (χ2n) is 5.52. The number of anilines is 2. The van der Waals surface area contributed by atoms with Gasteiger partial charge in [-0.2, -0.15) is 4.98 Å². The Bertz CT molecular complexity index is 393. The first-order valence-electron chi connectivity index (χ1n) is 7.07. The maximum absolute atomic E-state index is 5.90. The number of nitrogens with zero attached hydrogens (tertiary/aromatic N) is 2. The summed E-state index contributed by atoms with van der Waals surface area (Å²) in [5.74, 6) is 1.91. The lowest BCUT2D eigenvalue weighted by atomic mass is 10.2. The van der Waals surface area contributed by atoms with Crippen LogP contribution in [0.2, 0.25) is 0 Å². The minimum absolute atomic E-state index is 0.457. The van der Waals surface area contributed by atoms with Gasteiger partial charge in [0.1, 0.15) is 5.82 Å². The van der Waals surface area contributed by atoms with Crippen molar-refractivity contribution in [3.05, 3.63) is 12.1 Å². The molecule has 0 aromatic carbocycles. The molecule has 1 aromatic rings. The number of pyridine rings is 1. The molecular weight excluding hydrogens is 238 g/mol. The zero-order chi connectivity index (χ0) is 14.4. The van der Waals surface area contributed by atoms with Gasteiger partial charge in [0.25, 0.3) is 0 Å². The van der Waals surface area contributed by atoms with Crippen LogP contribution >= 0.6 is 0 Å². The Morgan fingerprint density at radius 2 is 2.00 bits per heavy atom. The highest BCUT2D eigenvalue weighted by Gasteiger charge is 2.13. The molecule has 0 radical (unpaired) electrons. The molecule has 0 aliphatic heterocycles. The summed E-state index contributed by atoms with van der Waals surface area (Å²) in [5, 5.41) is 0. The second-order valence-corrected chi connectivity index (χ2v) is 5.52. The number of rotatable bonds is 7. The standard InChI is InChI=1S/C15H27N3O/c1-6-7-12(4)18(5)14-9-8-13(16)15(17-14)19-10-11(2)3/h8-9,11-12H,6-7,10,16H2,1-5H3. The predicted octanol–water partition coefficient (Wildman–Crippen LogP) is 3.32. The van der Waals surface area contributed by atoms with Crippen LogP contribution < -0.4 is 15.4 Å². The Balaban J connectivity index is 2.82. The fourth-order valence-corrected chi connectivity index (χ4v) is 1.84. The Kier molecular flexibility index (Phi) is 5.93. The molecule has 0 amide bonds. The summed E-state index contributed by atoms with van der Waals surface area (Å²) in [6, 6.07) is 4.27. The fraction of sp³-hybridized carbons (Fsp3) is 0.667. The molecule has 0 aliphatic carbocycles. The maximum atomic E-state index is 5.90. The average Bonchev–Trinajstić information content (AvgIpc) is 2.37. The van der Waals surface area contributed by atoms with Crippen molar-refractivity contribution >= 4 is 11.5 Å². The highest BCUT2D eigenvalue weighted by Crippen LogP contribution is 2.24. The van der Waals surface area contributed by atoms with Crippen molar-refractivity contribution in [2.45, 2.75) is 46.6 Å². The molecular formula is C15H27N3O. The van der Waals surface area contributed by atoms with Crippen molar-refractivity contribution in [3.8, 4) is 5.88 Å². The molecule has 0 bridgehead atoms. The zero-order valence-corrected chi connectivity index (χ0v) is 12.8. The molecule has 1 atom stereocenters. The van der Waals surface area contributed by atoms with Crippen LogP contribution in [0.4, 0.5) is 11.5 Å². The van der Waals surface area contributed by atoms with Crippen LogP contribution in [0.5, 0.6) is 5.88 Å². The molecule has 0 spiro atoms. The van der Waals surface area contributed by atoms with E-state index in [1.165, 1.54) is 0 Å². The molecule has 1 heterocycles. The topological polar surface area (TPSA) is 51.4 Å². The van der Waals surface area contributed by atoms with Gasteiger partial charge < -0.3 is 15.4 Å². The van der Waals surface area contributed by atoms with Gasteiger partial charge in [-0.3, -0.25) is 0 Å². The van der Waals surface area contributed by atoms with Crippen LogP contribution in [0.3, 0.4) is 0 Å². The number of aromatic nitrogens is 1. The van der Waals surface area contributed by atoms with Gasteiger partial charge >= 0.3 is 0 Å². The summed E-state index contributed by atoms with van der Waals surface area (Å²) < 4.78 is 5.67. The summed E-state index contributed by atoms with van der Waals surface area (Å²) in [7, 11) is 2.06. The van der Waals surface area contributed by atoms with Crippen molar-refractivity contribution in [2.24, 2.45) is 5.92 Å². The monoisotopic (exact) mass is 265 g/mol. The summed E-state index contributed by atoms with van der Waals surface area (Å²) >= 11 is 0. The highest BCUT2D eigenvalue weighted by atomic mass is 16.5. The van der Waals surface area contributed by atoms with Gasteiger partial charge in [0.2, 0.25) is 5.88 Å². The first-order chi connectivity index (χ1) is 8.95. The van der Waals surface area contributed by atoms with Gasteiger partial charge in [-0.1, -0.05) is 27.2 Å². The molecule has 1 aromatic heterocycles. The summed E-state index contributed by atoms with van der Waals surface area (Å²) in [6.45, 7) is 9.24. The average molecular weight is 265 g/mol. The van der Waals surface area contributed by atoms with Crippen LogP contribution in [0, 0.1) is 5.92 Å². The minimum Gasteiger partial charge on any atom is -0.476 e. The molecule has 108 valence electrons. The van der Waals surface area contributed by atoms with E-state index < -0.39 is 0 Å². The normalized spacial score (nSPS) is 12.5. The van der Waals surface area contributed by atoms with E-state index in [0.29, 0.717) is 30.1 Å². The smallest absolute Gasteiger partial charge is 0.239 e. The van der Waals surface area contributed by atoms with Crippen molar-refractivity contribution in [3.63, 3.8) is 0 Å². The lowest BCUT2D eigenvalue weighted by molar-refractivity contribution is 0.263. The molecule has 4 nitrogen and oxygen atoms in total. The van der Waals surface area contributed by atoms with E-state index in [0.717, 1.165) is 18.7 Å². The molecule has 0 saturated heterocycles. The molecule has 1 rings (SSSR count). The Morgan fingerprint density at radius 1 is 1.32 bits per heavy atom. The SMILES string of the molecule is CCCC(C)N(C)c1ccc(N)c(OCC(C)C)n1. The largest absolute Gasteiger partial charge is 0.476 e. The Hall–Kier alpha value is -1.45. The first kappa shape index (κ1) is 15.6. The quantitative estimate of drug-likeness (QED) is 0.821. The van der Waals surface area contributed by atoms with E-state index in [1.807, 2.05) is 12.1 Å². The van der Waals surface area contributed by atoms with Crippen molar-refractivity contribution in [1.82, 2.24) is 4.98 Å². The predicted molar refractivity (Wildman–Crippen MR) is 81.8 cm³/mol. The van der Waals surface area contributed by atoms with Gasteiger partial charge in [0.05, 0.1) is 12.3 Å². The summed E-state index contributed by atoms with van der Waals surface area (Å²) in [5.41, 5.74) is 6.50. The third kappa shape index (κ3) is 4.62. The molecule has 2 N–H and O–H groups in total. The van der Waals surface area contributed by atoms with E-state index in [2.05, 4.69) is 44.6 Å².